The van der Waals surface area contributed by atoms with Crippen molar-refractivity contribution in [2.24, 2.45) is 5.10 Å². The standard InChI is InChI=1S/C29H30N6OS/c30-34-28(22-12-5-2-6-13-22)31-32-29(34)37-19-27(36)35-26(21-10-3-1-4-11-21)18-25(33-35)24-16-15-20-9-7-8-14-23(20)17-24/h1,3-4,7-11,14-17,22,26H,2,5-6,12-13,18-19,30H2. The van der Waals surface area contributed by atoms with Gasteiger partial charge in [0.25, 0.3) is 5.91 Å². The number of hydrogen-bond donors (Lipinski definition) is 1. The summed E-state index contributed by atoms with van der Waals surface area (Å²) in [5, 5.41) is 18.1. The number of nitrogen functional groups attached to an aromatic ring is 1. The second kappa shape index (κ2) is 10.4. The lowest BCUT2D eigenvalue weighted by molar-refractivity contribution is -0.130. The maximum atomic E-state index is 13.5. The fourth-order valence-corrected chi connectivity index (χ4v) is 6.15. The van der Waals surface area contributed by atoms with Crippen LogP contribution in [0.4, 0.5) is 0 Å². The molecule has 1 unspecified atom stereocenters. The quantitative estimate of drug-likeness (QED) is 0.267. The first-order valence-corrected chi connectivity index (χ1v) is 13.9. The van der Waals surface area contributed by atoms with Crippen molar-refractivity contribution < 1.29 is 4.79 Å². The third kappa shape index (κ3) is 4.85. The molecule has 1 aromatic heterocycles. The molecular weight excluding hydrogens is 480 g/mol. The van der Waals surface area contributed by atoms with Crippen LogP contribution in [0.3, 0.4) is 0 Å². The first-order valence-electron chi connectivity index (χ1n) is 12.9. The zero-order valence-electron chi connectivity index (χ0n) is 20.7. The Morgan fingerprint density at radius 2 is 1.68 bits per heavy atom. The number of benzene rings is 3. The third-order valence-electron chi connectivity index (χ3n) is 7.42. The van der Waals surface area contributed by atoms with Crippen molar-refractivity contribution in [1.82, 2.24) is 19.9 Å². The number of hydrogen-bond acceptors (Lipinski definition) is 6. The fraction of sp³-hybridized carbons (Fsp3) is 0.310. The van der Waals surface area contributed by atoms with Gasteiger partial charge in [-0.1, -0.05) is 97.8 Å². The van der Waals surface area contributed by atoms with Gasteiger partial charge in [0.1, 0.15) is 0 Å². The average molecular weight is 511 g/mol. The van der Waals surface area contributed by atoms with Crippen LogP contribution in [-0.4, -0.2) is 37.3 Å². The minimum absolute atomic E-state index is 0.0724. The number of nitrogens with zero attached hydrogens (tertiary/aromatic N) is 5. The van der Waals surface area contributed by atoms with Gasteiger partial charge >= 0.3 is 0 Å². The molecule has 1 amide bonds. The van der Waals surface area contributed by atoms with Gasteiger partial charge < -0.3 is 5.84 Å². The molecule has 8 heteroatoms. The number of thioether (sulfide) groups is 1. The summed E-state index contributed by atoms with van der Waals surface area (Å²) in [6.07, 6.45) is 6.52. The van der Waals surface area contributed by atoms with Crippen LogP contribution in [0.1, 0.15) is 67.4 Å². The molecule has 1 aliphatic carbocycles. The van der Waals surface area contributed by atoms with E-state index in [0.717, 1.165) is 40.9 Å². The molecule has 7 nitrogen and oxygen atoms in total. The van der Waals surface area contributed by atoms with E-state index in [-0.39, 0.29) is 17.7 Å². The zero-order chi connectivity index (χ0) is 25.2. The third-order valence-corrected chi connectivity index (χ3v) is 8.35. The van der Waals surface area contributed by atoms with Gasteiger partial charge in [-0.2, -0.15) is 5.10 Å². The molecule has 1 fully saturated rings. The number of carbonyl (C=O) groups is 1. The lowest BCUT2D eigenvalue weighted by Gasteiger charge is -2.22. The van der Waals surface area contributed by atoms with E-state index in [1.807, 2.05) is 30.3 Å². The Morgan fingerprint density at radius 3 is 2.49 bits per heavy atom. The predicted octanol–water partition coefficient (Wildman–Crippen LogP) is 5.66. The van der Waals surface area contributed by atoms with Gasteiger partial charge in [0.2, 0.25) is 5.16 Å². The van der Waals surface area contributed by atoms with Gasteiger partial charge in [-0.25, -0.2) is 9.69 Å². The van der Waals surface area contributed by atoms with Gasteiger partial charge in [0.05, 0.1) is 17.5 Å². The molecule has 2 aliphatic rings. The Labute approximate surface area is 220 Å². The summed E-state index contributed by atoms with van der Waals surface area (Å²) in [4.78, 5) is 13.5. The van der Waals surface area contributed by atoms with Crippen molar-refractivity contribution in [3.8, 4) is 0 Å². The van der Waals surface area contributed by atoms with Crippen LogP contribution >= 0.6 is 11.8 Å². The Morgan fingerprint density at radius 1 is 0.919 bits per heavy atom. The summed E-state index contributed by atoms with van der Waals surface area (Å²) in [6, 6.07) is 24.6. The van der Waals surface area contributed by atoms with Crippen LogP contribution in [0.2, 0.25) is 0 Å². The highest BCUT2D eigenvalue weighted by molar-refractivity contribution is 7.99. The maximum absolute atomic E-state index is 13.5. The molecule has 4 aromatic rings. The molecule has 3 aromatic carbocycles. The molecule has 0 spiro atoms. The van der Waals surface area contributed by atoms with Crippen LogP contribution in [0.5, 0.6) is 0 Å². The molecular formula is C29H30N6OS. The molecule has 37 heavy (non-hydrogen) atoms. The molecule has 0 saturated heterocycles. The second-order valence-electron chi connectivity index (χ2n) is 9.81. The number of nitrogens with two attached hydrogens (primary N) is 1. The average Bonchev–Trinajstić information content (AvgIpc) is 3.56. The Bertz CT molecular complexity index is 1440. The molecule has 2 heterocycles. The summed E-state index contributed by atoms with van der Waals surface area (Å²) >= 11 is 1.33. The van der Waals surface area contributed by atoms with Crippen molar-refractivity contribution in [2.75, 3.05) is 11.6 Å². The normalized spacial score (nSPS) is 18.3. The fourth-order valence-electron chi connectivity index (χ4n) is 5.44. The van der Waals surface area contributed by atoms with Crippen LogP contribution < -0.4 is 5.84 Å². The lowest BCUT2D eigenvalue weighted by Crippen LogP contribution is -2.29. The number of aromatic nitrogens is 3. The minimum Gasteiger partial charge on any atom is -0.336 e. The summed E-state index contributed by atoms with van der Waals surface area (Å²) in [5.41, 5.74) is 3.03. The molecule has 0 bridgehead atoms. The molecule has 188 valence electrons. The Hall–Kier alpha value is -3.65. The van der Waals surface area contributed by atoms with Gasteiger partial charge in [0, 0.05) is 12.3 Å². The van der Waals surface area contributed by atoms with Crippen molar-refractivity contribution in [3.05, 3.63) is 89.7 Å². The summed E-state index contributed by atoms with van der Waals surface area (Å²) in [6.45, 7) is 0. The van der Waals surface area contributed by atoms with E-state index in [9.17, 15) is 4.79 Å². The zero-order valence-corrected chi connectivity index (χ0v) is 21.5. The van der Waals surface area contributed by atoms with Crippen LogP contribution in [-0.2, 0) is 4.79 Å². The van der Waals surface area contributed by atoms with E-state index in [1.54, 1.807) is 9.69 Å². The molecule has 1 atom stereocenters. The van der Waals surface area contributed by atoms with Crippen molar-refractivity contribution >= 4 is 34.2 Å². The summed E-state index contributed by atoms with van der Waals surface area (Å²) in [7, 11) is 0. The van der Waals surface area contributed by atoms with Crippen LogP contribution in [0, 0.1) is 0 Å². The smallest absolute Gasteiger partial charge is 0.253 e. The van der Waals surface area contributed by atoms with E-state index < -0.39 is 0 Å². The lowest BCUT2D eigenvalue weighted by atomic mass is 9.89. The van der Waals surface area contributed by atoms with E-state index >= 15 is 0 Å². The monoisotopic (exact) mass is 510 g/mol. The second-order valence-corrected chi connectivity index (χ2v) is 10.8. The van der Waals surface area contributed by atoms with E-state index in [0.29, 0.717) is 17.5 Å². The van der Waals surface area contributed by atoms with Crippen LogP contribution in [0.25, 0.3) is 10.8 Å². The van der Waals surface area contributed by atoms with Gasteiger partial charge in [0.15, 0.2) is 5.82 Å². The van der Waals surface area contributed by atoms with E-state index in [4.69, 9.17) is 10.9 Å². The Kier molecular flexibility index (Phi) is 6.66. The van der Waals surface area contributed by atoms with Gasteiger partial charge in [-0.05, 0) is 40.8 Å². The van der Waals surface area contributed by atoms with Gasteiger partial charge in [-0.3, -0.25) is 4.79 Å². The first kappa shape index (κ1) is 23.7. The highest BCUT2D eigenvalue weighted by Gasteiger charge is 2.33. The highest BCUT2D eigenvalue weighted by Crippen LogP contribution is 2.35. The molecule has 6 rings (SSSR count). The highest BCUT2D eigenvalue weighted by atomic mass is 32.2. The molecule has 0 radical (unpaired) electrons. The molecule has 2 N–H and O–H groups in total. The van der Waals surface area contributed by atoms with Crippen molar-refractivity contribution in [3.63, 3.8) is 0 Å². The largest absolute Gasteiger partial charge is 0.336 e. The van der Waals surface area contributed by atoms with Crippen molar-refractivity contribution in [1.29, 1.82) is 0 Å². The predicted molar refractivity (Wildman–Crippen MR) is 148 cm³/mol. The van der Waals surface area contributed by atoms with Crippen molar-refractivity contribution in [2.45, 2.75) is 55.6 Å². The summed E-state index contributed by atoms with van der Waals surface area (Å²) in [5.74, 6) is 7.66. The van der Waals surface area contributed by atoms with Gasteiger partial charge in [-0.15, -0.1) is 10.2 Å². The molecule has 1 aliphatic heterocycles. The van der Waals surface area contributed by atoms with E-state index in [1.165, 1.54) is 36.4 Å². The number of amides is 1. The maximum Gasteiger partial charge on any atom is 0.253 e. The number of carbonyl (C=O) groups excluding carboxylic acids is 1. The van der Waals surface area contributed by atoms with E-state index in [2.05, 4.69) is 52.7 Å². The number of fused-ring (bicyclic) bond motifs is 1. The van der Waals surface area contributed by atoms with Crippen LogP contribution in [0.15, 0.2) is 83.1 Å². The SMILES string of the molecule is Nn1c(SCC(=O)N2N=C(c3ccc4ccccc4c3)CC2c2ccccc2)nnc1C1CCCCC1. The summed E-state index contributed by atoms with van der Waals surface area (Å²) < 4.78 is 1.58. The number of hydrazone groups is 1. The first-order chi connectivity index (χ1) is 18.2. The topological polar surface area (TPSA) is 89.4 Å². The Balaban J connectivity index is 1.23. The minimum atomic E-state index is -0.149. The molecule has 1 saturated carbocycles. The number of rotatable bonds is 6.